The van der Waals surface area contributed by atoms with E-state index in [4.69, 9.17) is 9.63 Å². The summed E-state index contributed by atoms with van der Waals surface area (Å²) in [6, 6.07) is 2.34. The van der Waals surface area contributed by atoms with Crippen LogP contribution in [0.5, 0.6) is 5.75 Å². The highest BCUT2D eigenvalue weighted by Gasteiger charge is 2.36. The molecule has 0 radical (unpaired) electrons. The molecule has 0 saturated heterocycles. The fourth-order valence-corrected chi connectivity index (χ4v) is 1.66. The smallest absolute Gasteiger partial charge is 0.417 e. The Hall–Kier alpha value is -2.09. The van der Waals surface area contributed by atoms with Crippen LogP contribution < -0.4 is 4.74 Å². The third-order valence-electron chi connectivity index (χ3n) is 2.58. The van der Waals surface area contributed by atoms with Crippen LogP contribution in [0, 0.1) is 5.82 Å². The lowest BCUT2D eigenvalue weighted by Gasteiger charge is -2.13. The minimum Gasteiger partial charge on any atom is -0.494 e. The number of rotatable bonds is 3. The summed E-state index contributed by atoms with van der Waals surface area (Å²) in [6.07, 6.45) is -4.77. The second-order valence-corrected chi connectivity index (χ2v) is 3.87. The minimum atomic E-state index is -4.77. The van der Waals surface area contributed by atoms with E-state index in [1.54, 1.807) is 0 Å². The number of methoxy groups -OCH3 is 1. The van der Waals surface area contributed by atoms with Crippen LogP contribution in [0.2, 0.25) is 0 Å². The summed E-state index contributed by atoms with van der Waals surface area (Å²) < 4.78 is 61.6. The monoisotopic (exact) mass is 291 g/mol. The van der Waals surface area contributed by atoms with Crippen LogP contribution in [0.1, 0.15) is 11.3 Å². The predicted octanol–water partition coefficient (Wildman–Crippen LogP) is 3.00. The first kappa shape index (κ1) is 14.3. The van der Waals surface area contributed by atoms with Crippen LogP contribution in [0.3, 0.4) is 0 Å². The number of aliphatic hydroxyl groups is 1. The summed E-state index contributed by atoms with van der Waals surface area (Å²) in [7, 11) is 1.13. The maximum atomic E-state index is 13.4. The molecule has 2 rings (SSSR count). The number of aliphatic hydroxyl groups excluding tert-OH is 1. The topological polar surface area (TPSA) is 55.5 Å². The molecule has 20 heavy (non-hydrogen) atoms. The summed E-state index contributed by atoms with van der Waals surface area (Å²) in [5.74, 6) is -1.72. The number of aromatic nitrogens is 1. The maximum Gasteiger partial charge on any atom is 0.417 e. The van der Waals surface area contributed by atoms with Gasteiger partial charge in [0.05, 0.1) is 19.3 Å². The van der Waals surface area contributed by atoms with Crippen LogP contribution in [-0.4, -0.2) is 17.4 Å². The van der Waals surface area contributed by atoms with E-state index in [0.29, 0.717) is 6.07 Å². The summed E-state index contributed by atoms with van der Waals surface area (Å²) in [5, 5.41) is 12.2. The van der Waals surface area contributed by atoms with Gasteiger partial charge in [-0.05, 0) is 12.1 Å². The third-order valence-corrected chi connectivity index (χ3v) is 2.58. The van der Waals surface area contributed by atoms with Gasteiger partial charge in [0, 0.05) is 11.6 Å². The van der Waals surface area contributed by atoms with E-state index in [1.807, 2.05) is 0 Å². The van der Waals surface area contributed by atoms with Crippen LogP contribution in [0.4, 0.5) is 17.6 Å². The second kappa shape index (κ2) is 5.12. The number of hydrogen-bond acceptors (Lipinski definition) is 4. The average molecular weight is 291 g/mol. The fourth-order valence-electron chi connectivity index (χ4n) is 1.66. The number of halogens is 4. The van der Waals surface area contributed by atoms with E-state index in [0.717, 1.165) is 19.2 Å². The molecule has 8 heteroatoms. The van der Waals surface area contributed by atoms with Gasteiger partial charge in [0.25, 0.3) is 0 Å². The van der Waals surface area contributed by atoms with Crippen LogP contribution in [0.15, 0.2) is 22.7 Å². The molecule has 108 valence electrons. The van der Waals surface area contributed by atoms with Crippen molar-refractivity contribution in [2.45, 2.75) is 12.8 Å². The summed E-state index contributed by atoms with van der Waals surface area (Å²) >= 11 is 0. The first-order chi connectivity index (χ1) is 9.36. The molecule has 0 amide bonds. The minimum absolute atomic E-state index is 0.0661. The Balaban J connectivity index is 2.65. The molecular formula is C12H9F4NO3. The lowest BCUT2D eigenvalue weighted by atomic mass is 10.0. The Kier molecular flexibility index (Phi) is 3.67. The average Bonchev–Trinajstić information content (AvgIpc) is 2.86. The molecule has 1 aromatic carbocycles. The van der Waals surface area contributed by atoms with Gasteiger partial charge < -0.3 is 14.4 Å². The first-order valence-corrected chi connectivity index (χ1v) is 5.38. The Morgan fingerprint density at radius 2 is 2.00 bits per heavy atom. The van der Waals surface area contributed by atoms with E-state index in [1.165, 1.54) is 0 Å². The molecule has 0 fully saturated rings. The molecule has 0 bridgehead atoms. The lowest BCUT2D eigenvalue weighted by Crippen LogP contribution is -2.08. The number of benzene rings is 1. The molecule has 1 N–H and O–H groups in total. The zero-order valence-corrected chi connectivity index (χ0v) is 10.2. The van der Waals surface area contributed by atoms with E-state index in [-0.39, 0.29) is 17.2 Å². The van der Waals surface area contributed by atoms with Crippen molar-refractivity contribution in [1.29, 1.82) is 0 Å². The molecule has 0 spiro atoms. The second-order valence-electron chi connectivity index (χ2n) is 3.87. The molecule has 0 saturated carbocycles. The zero-order valence-electron chi connectivity index (χ0n) is 10.2. The van der Waals surface area contributed by atoms with Gasteiger partial charge in [-0.1, -0.05) is 5.16 Å². The van der Waals surface area contributed by atoms with Crippen molar-refractivity contribution in [1.82, 2.24) is 5.16 Å². The van der Waals surface area contributed by atoms with E-state index in [2.05, 4.69) is 9.89 Å². The quantitative estimate of drug-likeness (QED) is 0.883. The van der Waals surface area contributed by atoms with Crippen molar-refractivity contribution in [2.24, 2.45) is 0 Å². The summed E-state index contributed by atoms with van der Waals surface area (Å²) in [6.45, 7) is -0.483. The Morgan fingerprint density at radius 1 is 1.30 bits per heavy atom. The highest BCUT2D eigenvalue weighted by Crippen LogP contribution is 2.40. The van der Waals surface area contributed by atoms with Gasteiger partial charge in [-0.3, -0.25) is 0 Å². The van der Waals surface area contributed by atoms with Crippen molar-refractivity contribution in [2.75, 3.05) is 7.11 Å². The molecular weight excluding hydrogens is 282 g/mol. The highest BCUT2D eigenvalue weighted by atomic mass is 19.4. The standard InChI is InChI=1S/C12H9F4NO3/c1-19-11-3-7(10-2-6(5-18)17-20-10)8(4-9(11)13)12(14,15)16/h2-4,18H,5H2,1H3. The van der Waals surface area contributed by atoms with Crippen molar-refractivity contribution >= 4 is 0 Å². The Morgan fingerprint density at radius 3 is 2.50 bits per heavy atom. The van der Waals surface area contributed by atoms with Crippen LogP contribution in [0.25, 0.3) is 11.3 Å². The van der Waals surface area contributed by atoms with Crippen molar-refractivity contribution < 1.29 is 31.9 Å². The van der Waals surface area contributed by atoms with Gasteiger partial charge in [-0.25, -0.2) is 4.39 Å². The van der Waals surface area contributed by atoms with Crippen LogP contribution >= 0.6 is 0 Å². The van der Waals surface area contributed by atoms with E-state index in [9.17, 15) is 17.6 Å². The van der Waals surface area contributed by atoms with Gasteiger partial charge >= 0.3 is 6.18 Å². The number of nitrogens with zero attached hydrogens (tertiary/aromatic N) is 1. The van der Waals surface area contributed by atoms with Crippen molar-refractivity contribution in [3.8, 4) is 17.1 Å². The summed E-state index contributed by atoms with van der Waals surface area (Å²) in [5.41, 5.74) is -1.56. The Bertz CT molecular complexity index is 622. The highest BCUT2D eigenvalue weighted by molar-refractivity contribution is 5.65. The zero-order chi connectivity index (χ0) is 14.9. The van der Waals surface area contributed by atoms with Crippen LogP contribution in [-0.2, 0) is 12.8 Å². The molecule has 0 aliphatic rings. The number of ether oxygens (including phenoxy) is 1. The van der Waals surface area contributed by atoms with Gasteiger partial charge in [0.2, 0.25) is 0 Å². The molecule has 0 aliphatic heterocycles. The molecule has 1 heterocycles. The number of hydrogen-bond donors (Lipinski definition) is 1. The first-order valence-electron chi connectivity index (χ1n) is 5.38. The van der Waals surface area contributed by atoms with Gasteiger partial charge in [-0.15, -0.1) is 0 Å². The SMILES string of the molecule is COc1cc(-c2cc(CO)no2)c(C(F)(F)F)cc1F. The molecule has 2 aromatic rings. The fraction of sp³-hybridized carbons (Fsp3) is 0.250. The number of alkyl halides is 3. The van der Waals surface area contributed by atoms with Crippen molar-refractivity contribution in [3.05, 3.63) is 35.3 Å². The van der Waals surface area contributed by atoms with Crippen molar-refractivity contribution in [3.63, 3.8) is 0 Å². The molecule has 0 unspecified atom stereocenters. The summed E-state index contributed by atoms with van der Waals surface area (Å²) in [4.78, 5) is 0. The maximum absolute atomic E-state index is 13.4. The molecule has 1 aromatic heterocycles. The van der Waals surface area contributed by atoms with Gasteiger partial charge in [0.1, 0.15) is 5.69 Å². The van der Waals surface area contributed by atoms with Gasteiger partial charge in [0.15, 0.2) is 17.3 Å². The predicted molar refractivity (Wildman–Crippen MR) is 59.4 cm³/mol. The third kappa shape index (κ3) is 2.60. The largest absolute Gasteiger partial charge is 0.494 e. The molecule has 0 aliphatic carbocycles. The van der Waals surface area contributed by atoms with E-state index >= 15 is 0 Å². The Labute approximate surface area is 110 Å². The molecule has 0 atom stereocenters. The van der Waals surface area contributed by atoms with E-state index < -0.39 is 29.7 Å². The molecule has 4 nitrogen and oxygen atoms in total. The van der Waals surface area contributed by atoms with Gasteiger partial charge in [-0.2, -0.15) is 13.2 Å². The normalized spacial score (nSPS) is 11.7. The lowest BCUT2D eigenvalue weighted by molar-refractivity contribution is -0.137.